The maximum atomic E-state index is 12.3. The lowest BCUT2D eigenvalue weighted by atomic mass is 9.96. The predicted octanol–water partition coefficient (Wildman–Crippen LogP) is 2.65. The largest absolute Gasteiger partial charge is 0.391 e. The fourth-order valence-electron chi connectivity index (χ4n) is 2.99. The van der Waals surface area contributed by atoms with Crippen LogP contribution in [0.4, 0.5) is 4.79 Å². The molecule has 1 aliphatic heterocycles. The van der Waals surface area contributed by atoms with Crippen molar-refractivity contribution in [2.24, 2.45) is 5.92 Å². The van der Waals surface area contributed by atoms with Crippen LogP contribution in [-0.4, -0.2) is 41.3 Å². The standard InChI is InChI=1S/C18H28N2O2/c1-12-5-6-16(14(3)9-12)10-15(4)19-18(22)20-8-7-13(2)17(21)11-20/h5-6,9,13,15,17,21H,7-8,10-11H2,1-4H3,(H,19,22). The van der Waals surface area contributed by atoms with E-state index in [0.29, 0.717) is 6.54 Å². The van der Waals surface area contributed by atoms with Crippen LogP contribution in [0.25, 0.3) is 0 Å². The lowest BCUT2D eigenvalue weighted by Crippen LogP contribution is -2.51. The van der Waals surface area contributed by atoms with Gasteiger partial charge in [-0.2, -0.15) is 0 Å². The van der Waals surface area contributed by atoms with E-state index < -0.39 is 6.10 Å². The van der Waals surface area contributed by atoms with Gasteiger partial charge in [0, 0.05) is 19.1 Å². The summed E-state index contributed by atoms with van der Waals surface area (Å²) in [6, 6.07) is 6.43. The first-order chi connectivity index (χ1) is 10.4. The number of hydrogen-bond acceptors (Lipinski definition) is 2. The smallest absolute Gasteiger partial charge is 0.317 e. The molecule has 4 nitrogen and oxygen atoms in total. The quantitative estimate of drug-likeness (QED) is 0.902. The first kappa shape index (κ1) is 16.8. The third-order valence-corrected chi connectivity index (χ3v) is 4.60. The molecule has 0 saturated carbocycles. The molecule has 0 radical (unpaired) electrons. The minimum atomic E-state index is -0.408. The molecule has 1 saturated heterocycles. The molecule has 1 fully saturated rings. The molecule has 0 aromatic heterocycles. The van der Waals surface area contributed by atoms with Crippen LogP contribution in [0.15, 0.2) is 18.2 Å². The maximum Gasteiger partial charge on any atom is 0.317 e. The average Bonchev–Trinajstić information content (AvgIpc) is 2.45. The highest BCUT2D eigenvalue weighted by Gasteiger charge is 2.27. The van der Waals surface area contributed by atoms with E-state index in [1.165, 1.54) is 16.7 Å². The third kappa shape index (κ3) is 4.23. The number of carbonyl (C=O) groups excluding carboxylic acids is 1. The Morgan fingerprint density at radius 3 is 2.82 bits per heavy atom. The minimum Gasteiger partial charge on any atom is -0.391 e. The van der Waals surface area contributed by atoms with E-state index in [1.807, 2.05) is 13.8 Å². The molecule has 0 bridgehead atoms. The van der Waals surface area contributed by atoms with Gasteiger partial charge in [-0.05, 0) is 50.7 Å². The van der Waals surface area contributed by atoms with Crippen LogP contribution < -0.4 is 5.32 Å². The van der Waals surface area contributed by atoms with Crippen molar-refractivity contribution in [2.45, 2.75) is 52.7 Å². The van der Waals surface area contributed by atoms with Gasteiger partial charge in [-0.1, -0.05) is 30.7 Å². The number of urea groups is 1. The molecule has 4 heteroatoms. The minimum absolute atomic E-state index is 0.0665. The van der Waals surface area contributed by atoms with Gasteiger partial charge in [0.25, 0.3) is 0 Å². The summed E-state index contributed by atoms with van der Waals surface area (Å²) in [5.74, 6) is 0.275. The van der Waals surface area contributed by atoms with E-state index in [-0.39, 0.29) is 18.0 Å². The number of likely N-dealkylation sites (tertiary alicyclic amines) is 1. The zero-order valence-corrected chi connectivity index (χ0v) is 14.1. The Morgan fingerprint density at radius 1 is 1.45 bits per heavy atom. The van der Waals surface area contributed by atoms with Crippen molar-refractivity contribution >= 4 is 6.03 Å². The molecule has 1 aromatic carbocycles. The van der Waals surface area contributed by atoms with Gasteiger partial charge >= 0.3 is 6.03 Å². The number of aliphatic hydroxyl groups excluding tert-OH is 1. The molecule has 3 unspecified atom stereocenters. The van der Waals surface area contributed by atoms with Crippen molar-refractivity contribution in [3.05, 3.63) is 34.9 Å². The van der Waals surface area contributed by atoms with Gasteiger partial charge in [0.15, 0.2) is 0 Å². The molecule has 2 rings (SSSR count). The van der Waals surface area contributed by atoms with Gasteiger partial charge in [0.05, 0.1) is 6.10 Å². The van der Waals surface area contributed by atoms with Crippen LogP contribution in [0, 0.1) is 19.8 Å². The highest BCUT2D eigenvalue weighted by atomic mass is 16.3. The lowest BCUT2D eigenvalue weighted by molar-refractivity contribution is 0.0431. The van der Waals surface area contributed by atoms with Crippen molar-refractivity contribution in [2.75, 3.05) is 13.1 Å². The summed E-state index contributed by atoms with van der Waals surface area (Å²) >= 11 is 0. The summed E-state index contributed by atoms with van der Waals surface area (Å²) < 4.78 is 0. The normalized spacial score (nSPS) is 23.2. The van der Waals surface area contributed by atoms with Crippen LogP contribution in [0.1, 0.15) is 37.0 Å². The van der Waals surface area contributed by atoms with Gasteiger partial charge in [-0.3, -0.25) is 0 Å². The number of piperidine rings is 1. The maximum absolute atomic E-state index is 12.3. The zero-order valence-electron chi connectivity index (χ0n) is 14.1. The Hall–Kier alpha value is -1.55. The van der Waals surface area contributed by atoms with Gasteiger partial charge in [0.2, 0.25) is 0 Å². The van der Waals surface area contributed by atoms with Crippen molar-refractivity contribution in [3.63, 3.8) is 0 Å². The van der Waals surface area contributed by atoms with Crippen molar-refractivity contribution in [1.29, 1.82) is 0 Å². The second kappa shape index (κ2) is 7.14. The lowest BCUT2D eigenvalue weighted by Gasteiger charge is -2.35. The fraction of sp³-hybridized carbons (Fsp3) is 0.611. The highest BCUT2D eigenvalue weighted by Crippen LogP contribution is 2.17. The van der Waals surface area contributed by atoms with E-state index in [9.17, 15) is 9.90 Å². The Kier molecular flexibility index (Phi) is 5.46. The number of hydrogen-bond donors (Lipinski definition) is 2. The number of rotatable bonds is 3. The first-order valence-corrected chi connectivity index (χ1v) is 8.16. The predicted molar refractivity (Wildman–Crippen MR) is 89.0 cm³/mol. The summed E-state index contributed by atoms with van der Waals surface area (Å²) in [6.45, 7) is 9.41. The fourth-order valence-corrected chi connectivity index (χ4v) is 2.99. The van der Waals surface area contributed by atoms with E-state index in [1.54, 1.807) is 4.90 Å². The summed E-state index contributed by atoms with van der Waals surface area (Å²) in [7, 11) is 0. The molecule has 1 aliphatic rings. The number of aryl methyl sites for hydroxylation is 2. The number of nitrogens with zero attached hydrogens (tertiary/aromatic N) is 1. The number of β-amino-alcohol motifs (C(OH)–C–C–N with tert-alkyl or cyclic N) is 1. The van der Waals surface area contributed by atoms with Gasteiger partial charge < -0.3 is 15.3 Å². The Bertz CT molecular complexity index is 530. The molecule has 2 amide bonds. The molecule has 122 valence electrons. The van der Waals surface area contributed by atoms with E-state index in [0.717, 1.165) is 19.4 Å². The molecular weight excluding hydrogens is 276 g/mol. The second-order valence-electron chi connectivity index (χ2n) is 6.76. The van der Waals surface area contributed by atoms with E-state index in [2.05, 4.69) is 37.4 Å². The monoisotopic (exact) mass is 304 g/mol. The van der Waals surface area contributed by atoms with Crippen molar-refractivity contribution in [3.8, 4) is 0 Å². The van der Waals surface area contributed by atoms with Gasteiger partial charge in [0.1, 0.15) is 0 Å². The molecule has 1 heterocycles. The molecule has 0 spiro atoms. The number of aliphatic hydroxyl groups is 1. The Labute approximate surface area is 133 Å². The summed E-state index contributed by atoms with van der Waals surface area (Å²) in [4.78, 5) is 14.0. The van der Waals surface area contributed by atoms with Crippen molar-refractivity contribution in [1.82, 2.24) is 10.2 Å². The number of amides is 2. The van der Waals surface area contributed by atoms with Crippen LogP contribution in [0.2, 0.25) is 0 Å². The van der Waals surface area contributed by atoms with Gasteiger partial charge in [-0.25, -0.2) is 4.79 Å². The summed E-state index contributed by atoms with van der Waals surface area (Å²) in [5, 5.41) is 13.0. The molecular formula is C18H28N2O2. The van der Waals surface area contributed by atoms with Crippen LogP contribution in [0.3, 0.4) is 0 Å². The van der Waals surface area contributed by atoms with Gasteiger partial charge in [-0.15, -0.1) is 0 Å². The third-order valence-electron chi connectivity index (χ3n) is 4.60. The number of benzene rings is 1. The SMILES string of the molecule is Cc1ccc(CC(C)NC(=O)N2CCC(C)C(O)C2)c(C)c1. The van der Waals surface area contributed by atoms with Crippen molar-refractivity contribution < 1.29 is 9.90 Å². The number of nitrogens with one attached hydrogen (secondary N) is 1. The molecule has 3 atom stereocenters. The van der Waals surface area contributed by atoms with Crippen LogP contribution >= 0.6 is 0 Å². The van der Waals surface area contributed by atoms with E-state index in [4.69, 9.17) is 0 Å². The molecule has 22 heavy (non-hydrogen) atoms. The molecule has 1 aromatic rings. The Balaban J connectivity index is 1.88. The first-order valence-electron chi connectivity index (χ1n) is 8.16. The second-order valence-corrected chi connectivity index (χ2v) is 6.76. The summed E-state index contributed by atoms with van der Waals surface area (Å²) in [5.41, 5.74) is 3.79. The average molecular weight is 304 g/mol. The topological polar surface area (TPSA) is 52.6 Å². The van der Waals surface area contributed by atoms with Crippen LogP contribution in [-0.2, 0) is 6.42 Å². The zero-order chi connectivity index (χ0) is 16.3. The Morgan fingerprint density at radius 2 is 2.18 bits per heavy atom. The molecule has 2 N–H and O–H groups in total. The summed E-state index contributed by atoms with van der Waals surface area (Å²) in [6.07, 6.45) is 1.28. The molecule has 0 aliphatic carbocycles. The number of carbonyl (C=O) groups is 1. The van der Waals surface area contributed by atoms with E-state index >= 15 is 0 Å². The van der Waals surface area contributed by atoms with Crippen LogP contribution in [0.5, 0.6) is 0 Å². The highest BCUT2D eigenvalue weighted by molar-refractivity contribution is 5.74.